The van der Waals surface area contributed by atoms with E-state index in [9.17, 15) is 9.59 Å². The second-order valence-corrected chi connectivity index (χ2v) is 5.04. The Morgan fingerprint density at radius 1 is 1.44 bits per heavy atom. The van der Waals surface area contributed by atoms with Crippen molar-refractivity contribution in [1.29, 1.82) is 0 Å². The molecule has 1 aromatic heterocycles. The van der Waals surface area contributed by atoms with Crippen LogP contribution in [0.4, 0.5) is 0 Å². The SMILES string of the molecule is CC1CC(n2c(=O)[nH]c3c(C(=O)O)cccc32)C1. The Hall–Kier alpha value is -2.04. The molecule has 94 valence electrons. The number of nitrogens with one attached hydrogen (secondary N) is 1. The molecule has 1 aliphatic carbocycles. The smallest absolute Gasteiger partial charge is 0.337 e. The molecule has 5 nitrogen and oxygen atoms in total. The first-order valence-corrected chi connectivity index (χ1v) is 6.04. The molecule has 1 fully saturated rings. The van der Waals surface area contributed by atoms with Crippen molar-refractivity contribution in [2.24, 2.45) is 5.92 Å². The Morgan fingerprint density at radius 3 is 2.78 bits per heavy atom. The number of nitrogens with zero attached hydrogens (tertiary/aromatic N) is 1. The molecule has 5 heteroatoms. The van der Waals surface area contributed by atoms with Crippen LogP contribution < -0.4 is 5.69 Å². The Balaban J connectivity index is 2.21. The second-order valence-electron chi connectivity index (χ2n) is 5.04. The van der Waals surface area contributed by atoms with Crippen molar-refractivity contribution in [1.82, 2.24) is 9.55 Å². The molecule has 18 heavy (non-hydrogen) atoms. The molecule has 0 atom stereocenters. The summed E-state index contributed by atoms with van der Waals surface area (Å²) in [6.07, 6.45) is 1.95. The van der Waals surface area contributed by atoms with E-state index in [2.05, 4.69) is 11.9 Å². The highest BCUT2D eigenvalue weighted by molar-refractivity contribution is 6.00. The number of hydrogen-bond donors (Lipinski definition) is 2. The Bertz CT molecular complexity index is 677. The molecule has 1 aromatic carbocycles. The average Bonchev–Trinajstić information content (AvgIpc) is 2.60. The van der Waals surface area contributed by atoms with E-state index in [0.717, 1.165) is 12.8 Å². The van der Waals surface area contributed by atoms with E-state index in [1.165, 1.54) is 6.07 Å². The van der Waals surface area contributed by atoms with Gasteiger partial charge in [-0.05, 0) is 30.9 Å². The molecule has 3 rings (SSSR count). The van der Waals surface area contributed by atoms with Crippen molar-refractivity contribution >= 4 is 17.0 Å². The summed E-state index contributed by atoms with van der Waals surface area (Å²) < 4.78 is 1.70. The molecular formula is C13H14N2O3. The molecule has 0 unspecified atom stereocenters. The standard InChI is InChI=1S/C13H14N2O3/c1-7-5-8(6-7)15-10-4-2-3-9(12(16)17)11(10)14-13(15)18/h2-4,7-8H,5-6H2,1H3,(H,14,18)(H,16,17). The van der Waals surface area contributed by atoms with Crippen LogP contribution in [0.25, 0.3) is 11.0 Å². The highest BCUT2D eigenvalue weighted by Gasteiger charge is 2.29. The maximum absolute atomic E-state index is 12.0. The van der Waals surface area contributed by atoms with Gasteiger partial charge in [0.2, 0.25) is 0 Å². The summed E-state index contributed by atoms with van der Waals surface area (Å²) in [6, 6.07) is 5.18. The molecule has 1 saturated carbocycles. The van der Waals surface area contributed by atoms with E-state index in [4.69, 9.17) is 5.11 Å². The van der Waals surface area contributed by atoms with Gasteiger partial charge in [-0.25, -0.2) is 9.59 Å². The van der Waals surface area contributed by atoms with Crippen LogP contribution in [-0.4, -0.2) is 20.6 Å². The zero-order valence-electron chi connectivity index (χ0n) is 10.0. The summed E-state index contributed by atoms with van der Waals surface area (Å²) >= 11 is 0. The van der Waals surface area contributed by atoms with Crippen molar-refractivity contribution in [3.8, 4) is 0 Å². The number of carbonyl (C=O) groups is 1. The fraction of sp³-hybridized carbons (Fsp3) is 0.385. The van der Waals surface area contributed by atoms with Gasteiger partial charge < -0.3 is 10.1 Å². The first-order chi connectivity index (χ1) is 8.58. The minimum absolute atomic E-state index is 0.149. The van der Waals surface area contributed by atoms with Crippen molar-refractivity contribution in [2.45, 2.75) is 25.8 Å². The van der Waals surface area contributed by atoms with Gasteiger partial charge in [-0.1, -0.05) is 13.0 Å². The van der Waals surface area contributed by atoms with Crippen molar-refractivity contribution in [2.75, 3.05) is 0 Å². The number of para-hydroxylation sites is 1. The third-order valence-electron chi connectivity index (χ3n) is 3.70. The maximum atomic E-state index is 12.0. The van der Waals surface area contributed by atoms with Gasteiger partial charge in [-0.2, -0.15) is 0 Å². The van der Waals surface area contributed by atoms with Crippen molar-refractivity contribution < 1.29 is 9.90 Å². The molecule has 0 saturated heterocycles. The molecule has 0 radical (unpaired) electrons. The van der Waals surface area contributed by atoms with Crippen LogP contribution in [0.3, 0.4) is 0 Å². The van der Waals surface area contributed by atoms with Crippen LogP contribution in [0.5, 0.6) is 0 Å². The molecule has 1 aliphatic rings. The van der Waals surface area contributed by atoms with Crippen LogP contribution in [0.2, 0.25) is 0 Å². The topological polar surface area (TPSA) is 75.1 Å². The third-order valence-corrected chi connectivity index (χ3v) is 3.70. The van der Waals surface area contributed by atoms with Gasteiger partial charge in [0.25, 0.3) is 0 Å². The molecule has 0 bridgehead atoms. The van der Waals surface area contributed by atoms with Crippen molar-refractivity contribution in [3.05, 3.63) is 34.2 Å². The minimum Gasteiger partial charge on any atom is -0.478 e. The predicted molar refractivity (Wildman–Crippen MR) is 67.0 cm³/mol. The molecule has 0 amide bonds. The van der Waals surface area contributed by atoms with Gasteiger partial charge in [0.15, 0.2) is 0 Å². The van der Waals surface area contributed by atoms with Crippen LogP contribution >= 0.6 is 0 Å². The summed E-state index contributed by atoms with van der Waals surface area (Å²) in [5.74, 6) is -0.384. The number of fused-ring (bicyclic) bond motifs is 1. The quantitative estimate of drug-likeness (QED) is 0.851. The zero-order chi connectivity index (χ0) is 12.9. The minimum atomic E-state index is -1.02. The molecule has 2 N–H and O–H groups in total. The lowest BCUT2D eigenvalue weighted by atomic mass is 9.81. The number of aromatic amines is 1. The highest BCUT2D eigenvalue weighted by Crippen LogP contribution is 2.37. The summed E-state index contributed by atoms with van der Waals surface area (Å²) in [5, 5.41) is 9.10. The van der Waals surface area contributed by atoms with Crippen LogP contribution in [-0.2, 0) is 0 Å². The second kappa shape index (κ2) is 3.73. The summed E-state index contributed by atoms with van der Waals surface area (Å²) in [5.41, 5.74) is 1.05. The summed E-state index contributed by atoms with van der Waals surface area (Å²) in [6.45, 7) is 2.15. The number of carboxylic acids is 1. The summed E-state index contributed by atoms with van der Waals surface area (Å²) in [4.78, 5) is 25.7. The number of imidazole rings is 1. The summed E-state index contributed by atoms with van der Waals surface area (Å²) in [7, 11) is 0. The number of benzene rings is 1. The Labute approximate surface area is 103 Å². The third kappa shape index (κ3) is 1.47. The number of H-pyrrole nitrogens is 1. The predicted octanol–water partition coefficient (Wildman–Crippen LogP) is 2.00. The molecular weight excluding hydrogens is 232 g/mol. The van der Waals surface area contributed by atoms with Crippen LogP contribution in [0.1, 0.15) is 36.2 Å². The van der Waals surface area contributed by atoms with E-state index in [0.29, 0.717) is 17.0 Å². The van der Waals surface area contributed by atoms with Gasteiger partial charge in [-0.3, -0.25) is 4.57 Å². The van der Waals surface area contributed by atoms with Gasteiger partial charge in [0, 0.05) is 6.04 Å². The normalized spacial score (nSPS) is 22.9. The molecule has 2 aromatic rings. The van der Waals surface area contributed by atoms with Gasteiger partial charge in [0.1, 0.15) is 0 Å². The monoisotopic (exact) mass is 246 g/mol. The van der Waals surface area contributed by atoms with Crippen LogP contribution in [0.15, 0.2) is 23.0 Å². The van der Waals surface area contributed by atoms with Gasteiger partial charge in [-0.15, -0.1) is 0 Å². The first-order valence-electron chi connectivity index (χ1n) is 6.04. The van der Waals surface area contributed by atoms with E-state index in [1.54, 1.807) is 16.7 Å². The van der Waals surface area contributed by atoms with E-state index in [-0.39, 0.29) is 17.3 Å². The van der Waals surface area contributed by atoms with Crippen molar-refractivity contribution in [3.63, 3.8) is 0 Å². The lowest BCUT2D eigenvalue weighted by Gasteiger charge is -2.33. The molecule has 0 spiro atoms. The lowest BCUT2D eigenvalue weighted by molar-refractivity contribution is 0.0699. The lowest BCUT2D eigenvalue weighted by Crippen LogP contribution is -2.31. The Kier molecular flexibility index (Phi) is 2.29. The first kappa shape index (κ1) is 11.1. The number of hydrogen-bond acceptors (Lipinski definition) is 2. The molecule has 0 aliphatic heterocycles. The van der Waals surface area contributed by atoms with Gasteiger partial charge in [0.05, 0.1) is 16.6 Å². The van der Waals surface area contributed by atoms with E-state index >= 15 is 0 Å². The number of carboxylic acid groups (broad SMARTS) is 1. The van der Waals surface area contributed by atoms with E-state index < -0.39 is 5.97 Å². The molecule has 1 heterocycles. The highest BCUT2D eigenvalue weighted by atomic mass is 16.4. The largest absolute Gasteiger partial charge is 0.478 e. The Morgan fingerprint density at radius 2 is 2.17 bits per heavy atom. The maximum Gasteiger partial charge on any atom is 0.337 e. The van der Waals surface area contributed by atoms with Gasteiger partial charge >= 0.3 is 11.7 Å². The van der Waals surface area contributed by atoms with Crippen LogP contribution in [0, 0.1) is 5.92 Å². The number of rotatable bonds is 2. The number of aromatic nitrogens is 2. The number of aromatic carboxylic acids is 1. The fourth-order valence-corrected chi connectivity index (χ4v) is 2.76. The zero-order valence-corrected chi connectivity index (χ0v) is 10.0. The fourth-order valence-electron chi connectivity index (χ4n) is 2.76. The van der Waals surface area contributed by atoms with E-state index in [1.807, 2.05) is 0 Å². The average molecular weight is 246 g/mol.